The number of rotatable bonds is 3. The van der Waals surface area contributed by atoms with Crippen molar-refractivity contribution < 1.29 is 19.1 Å². The van der Waals surface area contributed by atoms with Crippen LogP contribution in [0, 0.1) is 0 Å². The number of hydrogen-bond acceptors (Lipinski definition) is 5. The number of aromatic nitrogens is 1. The third-order valence-corrected chi connectivity index (χ3v) is 5.04. The zero-order valence-electron chi connectivity index (χ0n) is 19.1. The predicted octanol–water partition coefficient (Wildman–Crippen LogP) is 5.45. The minimum absolute atomic E-state index is 0.0638. The van der Waals surface area contributed by atoms with Gasteiger partial charge < -0.3 is 14.4 Å². The molecular weight excluding hydrogens is 382 g/mol. The number of carbonyl (C=O) groups is 2. The van der Waals surface area contributed by atoms with Gasteiger partial charge in [0.05, 0.1) is 6.04 Å². The van der Waals surface area contributed by atoms with Crippen LogP contribution in [0.5, 0.6) is 0 Å². The van der Waals surface area contributed by atoms with Crippen LogP contribution in [0.1, 0.15) is 85.3 Å². The number of likely N-dealkylation sites (tertiary alicyclic amines) is 1. The molecule has 166 valence electrons. The number of nitrogens with zero attached hydrogens (tertiary/aromatic N) is 3. The monoisotopic (exact) mass is 417 g/mol. The first-order chi connectivity index (χ1) is 13.9. The van der Waals surface area contributed by atoms with E-state index in [1.54, 1.807) is 16.0 Å². The summed E-state index contributed by atoms with van der Waals surface area (Å²) < 4.78 is 11.2. The molecule has 0 spiro atoms. The molecule has 30 heavy (non-hydrogen) atoms. The highest BCUT2D eigenvalue weighted by atomic mass is 16.6. The summed E-state index contributed by atoms with van der Waals surface area (Å²) in [5.41, 5.74) is -0.122. The zero-order valence-corrected chi connectivity index (χ0v) is 19.1. The van der Waals surface area contributed by atoms with Crippen molar-refractivity contribution in [2.24, 2.45) is 0 Å². The normalized spacial score (nSPS) is 19.9. The summed E-state index contributed by atoms with van der Waals surface area (Å²) in [6.07, 6.45) is 5.94. The summed E-state index contributed by atoms with van der Waals surface area (Å²) >= 11 is 0. The molecule has 7 heteroatoms. The molecule has 1 aromatic rings. The number of carbonyl (C=O) groups excluding carboxylic acids is 2. The van der Waals surface area contributed by atoms with Crippen LogP contribution >= 0.6 is 0 Å². The van der Waals surface area contributed by atoms with Crippen LogP contribution in [0.2, 0.25) is 0 Å². The van der Waals surface area contributed by atoms with E-state index in [1.807, 2.05) is 53.7 Å². The minimum atomic E-state index is -0.555. The second kappa shape index (κ2) is 8.44. The Balaban J connectivity index is 1.77. The van der Waals surface area contributed by atoms with Crippen LogP contribution in [0.25, 0.3) is 0 Å². The van der Waals surface area contributed by atoms with E-state index in [9.17, 15) is 9.59 Å². The van der Waals surface area contributed by atoms with Crippen LogP contribution < -0.4 is 4.90 Å². The summed E-state index contributed by atoms with van der Waals surface area (Å²) in [5.74, 6) is 0.593. The molecule has 2 fully saturated rings. The van der Waals surface area contributed by atoms with E-state index in [1.165, 1.54) is 0 Å². The highest BCUT2D eigenvalue weighted by Gasteiger charge is 2.37. The van der Waals surface area contributed by atoms with Gasteiger partial charge in [-0.1, -0.05) is 6.07 Å². The maximum atomic E-state index is 12.7. The van der Waals surface area contributed by atoms with Crippen molar-refractivity contribution in [3.05, 3.63) is 23.9 Å². The molecule has 0 N–H and O–H groups in total. The standard InChI is InChI=1S/C23H35N3O4/c1-22(2,3)29-20(27)25-14-8-7-9-18(25)16-10-13-19(24-15-16)26(17-11-12-17)21(28)30-23(4,5)6/h10,13,15,17-18H,7-9,11-12,14H2,1-6H3. The molecule has 2 amide bonds. The van der Waals surface area contributed by atoms with Gasteiger partial charge in [-0.25, -0.2) is 14.6 Å². The molecule has 0 aromatic carbocycles. The molecule has 2 heterocycles. The molecule has 1 unspecified atom stereocenters. The second-order valence-electron chi connectivity index (χ2n) is 10.2. The summed E-state index contributed by atoms with van der Waals surface area (Å²) in [4.78, 5) is 33.4. The van der Waals surface area contributed by atoms with Gasteiger partial charge >= 0.3 is 12.2 Å². The first kappa shape index (κ1) is 22.4. The highest BCUT2D eigenvalue weighted by molar-refractivity contribution is 5.88. The zero-order chi connectivity index (χ0) is 22.1. The first-order valence-electron chi connectivity index (χ1n) is 10.9. The van der Waals surface area contributed by atoms with Crippen LogP contribution in [0.15, 0.2) is 18.3 Å². The Bertz CT molecular complexity index is 760. The SMILES string of the molecule is CC(C)(C)OC(=O)N1CCCCC1c1ccc(N(C(=O)OC(C)(C)C)C2CC2)nc1. The fourth-order valence-corrected chi connectivity index (χ4v) is 3.63. The average Bonchev–Trinajstić information content (AvgIpc) is 3.44. The first-order valence-corrected chi connectivity index (χ1v) is 10.9. The van der Waals surface area contributed by atoms with Crippen LogP contribution in [0.4, 0.5) is 15.4 Å². The van der Waals surface area contributed by atoms with Gasteiger partial charge in [-0.15, -0.1) is 0 Å². The third-order valence-electron chi connectivity index (χ3n) is 5.04. The topological polar surface area (TPSA) is 72.0 Å². The van der Waals surface area contributed by atoms with Crippen molar-refractivity contribution >= 4 is 18.0 Å². The second-order valence-corrected chi connectivity index (χ2v) is 10.2. The molecule has 1 saturated heterocycles. The van der Waals surface area contributed by atoms with Crippen LogP contribution in [-0.4, -0.2) is 45.9 Å². The van der Waals surface area contributed by atoms with Crippen molar-refractivity contribution in [1.82, 2.24) is 9.88 Å². The van der Waals surface area contributed by atoms with Gasteiger partial charge in [0.1, 0.15) is 17.0 Å². The molecule has 1 aliphatic carbocycles. The Kier molecular flexibility index (Phi) is 6.29. The molecule has 1 aromatic heterocycles. The van der Waals surface area contributed by atoms with E-state index < -0.39 is 11.2 Å². The van der Waals surface area contributed by atoms with Gasteiger partial charge in [0, 0.05) is 18.8 Å². The number of pyridine rings is 1. The van der Waals surface area contributed by atoms with Crippen molar-refractivity contribution in [1.29, 1.82) is 0 Å². The maximum absolute atomic E-state index is 12.7. The van der Waals surface area contributed by atoms with Crippen molar-refractivity contribution in [3.8, 4) is 0 Å². The van der Waals surface area contributed by atoms with E-state index in [0.717, 1.165) is 37.7 Å². The van der Waals surface area contributed by atoms with Gasteiger partial charge in [-0.2, -0.15) is 0 Å². The summed E-state index contributed by atoms with van der Waals surface area (Å²) in [6, 6.07) is 3.91. The smallest absolute Gasteiger partial charge is 0.416 e. The van der Waals surface area contributed by atoms with Gasteiger partial charge in [0.25, 0.3) is 0 Å². The highest BCUT2D eigenvalue weighted by Crippen LogP contribution is 2.35. The lowest BCUT2D eigenvalue weighted by Crippen LogP contribution is -2.42. The lowest BCUT2D eigenvalue weighted by Gasteiger charge is -2.37. The molecule has 1 atom stereocenters. The van der Waals surface area contributed by atoms with E-state index in [2.05, 4.69) is 4.98 Å². The van der Waals surface area contributed by atoms with E-state index in [0.29, 0.717) is 12.4 Å². The van der Waals surface area contributed by atoms with Gasteiger partial charge in [0.15, 0.2) is 0 Å². The van der Waals surface area contributed by atoms with Crippen LogP contribution in [-0.2, 0) is 9.47 Å². The van der Waals surface area contributed by atoms with E-state index >= 15 is 0 Å². The Labute approximate surface area is 179 Å². The molecule has 0 radical (unpaired) electrons. The fraction of sp³-hybridized carbons (Fsp3) is 0.696. The van der Waals surface area contributed by atoms with Crippen molar-refractivity contribution in [2.45, 2.75) is 96.9 Å². The molecule has 1 saturated carbocycles. The molecular formula is C23H35N3O4. The van der Waals surface area contributed by atoms with Crippen LogP contribution in [0.3, 0.4) is 0 Å². The van der Waals surface area contributed by atoms with Crippen molar-refractivity contribution in [2.75, 3.05) is 11.4 Å². The number of ether oxygens (including phenoxy) is 2. The number of hydrogen-bond donors (Lipinski definition) is 0. The summed E-state index contributed by atoms with van der Waals surface area (Å²) in [5, 5.41) is 0. The van der Waals surface area contributed by atoms with E-state index in [4.69, 9.17) is 9.47 Å². The van der Waals surface area contributed by atoms with Gasteiger partial charge in [0.2, 0.25) is 0 Å². The minimum Gasteiger partial charge on any atom is -0.444 e. The summed E-state index contributed by atoms with van der Waals surface area (Å²) in [7, 11) is 0. The molecule has 2 aliphatic rings. The lowest BCUT2D eigenvalue weighted by molar-refractivity contribution is 0.00947. The molecule has 1 aliphatic heterocycles. The Morgan fingerprint density at radius 1 is 1.00 bits per heavy atom. The Hall–Kier alpha value is -2.31. The number of piperidine rings is 1. The fourth-order valence-electron chi connectivity index (χ4n) is 3.63. The largest absolute Gasteiger partial charge is 0.444 e. The average molecular weight is 418 g/mol. The van der Waals surface area contributed by atoms with Crippen molar-refractivity contribution in [3.63, 3.8) is 0 Å². The number of amides is 2. The molecule has 7 nitrogen and oxygen atoms in total. The quantitative estimate of drug-likeness (QED) is 0.654. The third kappa shape index (κ3) is 5.86. The number of anilines is 1. The molecule has 0 bridgehead atoms. The summed E-state index contributed by atoms with van der Waals surface area (Å²) in [6.45, 7) is 11.9. The predicted molar refractivity (Wildman–Crippen MR) is 116 cm³/mol. The van der Waals surface area contributed by atoms with Gasteiger partial charge in [-0.3, -0.25) is 4.90 Å². The van der Waals surface area contributed by atoms with Gasteiger partial charge in [-0.05, 0) is 85.3 Å². The maximum Gasteiger partial charge on any atom is 0.416 e. The van der Waals surface area contributed by atoms with E-state index in [-0.39, 0.29) is 24.3 Å². The molecule has 3 rings (SSSR count). The lowest BCUT2D eigenvalue weighted by atomic mass is 9.97. The Morgan fingerprint density at radius 3 is 2.20 bits per heavy atom. The Morgan fingerprint density at radius 2 is 1.67 bits per heavy atom.